The summed E-state index contributed by atoms with van der Waals surface area (Å²) in [4.78, 5) is 0. The van der Waals surface area contributed by atoms with Crippen LogP contribution < -0.4 is 5.32 Å². The van der Waals surface area contributed by atoms with Crippen molar-refractivity contribution in [2.45, 2.75) is 38.5 Å². The third-order valence-electron chi connectivity index (χ3n) is 2.75. The van der Waals surface area contributed by atoms with Crippen LogP contribution in [-0.2, 0) is 6.54 Å². The first kappa shape index (κ1) is 9.65. The van der Waals surface area contributed by atoms with Crippen molar-refractivity contribution in [3.05, 3.63) is 18.0 Å². The van der Waals surface area contributed by atoms with Crippen LogP contribution in [0.25, 0.3) is 0 Å². The Labute approximate surface area is 83.3 Å². The van der Waals surface area contributed by atoms with Crippen LogP contribution in [0.5, 0.6) is 0 Å². The number of hydrogen-bond acceptors (Lipinski definition) is 2. The summed E-state index contributed by atoms with van der Waals surface area (Å²) >= 11 is 0. The summed E-state index contributed by atoms with van der Waals surface area (Å²) in [6.07, 6.45) is 4.53. The SMILES string of the molecule is CCn1cc(C(F)C2CCCN2)cn1. The minimum atomic E-state index is -0.905. The van der Waals surface area contributed by atoms with Gasteiger partial charge in [-0.1, -0.05) is 0 Å². The highest BCUT2D eigenvalue weighted by atomic mass is 19.1. The molecule has 3 nitrogen and oxygen atoms in total. The number of rotatable bonds is 3. The Hall–Kier alpha value is -0.900. The van der Waals surface area contributed by atoms with Gasteiger partial charge in [-0.15, -0.1) is 0 Å². The summed E-state index contributed by atoms with van der Waals surface area (Å²) in [6.45, 7) is 3.73. The Bertz CT molecular complexity index is 291. The lowest BCUT2D eigenvalue weighted by molar-refractivity contribution is 0.271. The van der Waals surface area contributed by atoms with Crippen LogP contribution in [0.3, 0.4) is 0 Å². The number of aromatic nitrogens is 2. The van der Waals surface area contributed by atoms with Crippen molar-refractivity contribution >= 4 is 0 Å². The van der Waals surface area contributed by atoms with Crippen molar-refractivity contribution in [3.63, 3.8) is 0 Å². The van der Waals surface area contributed by atoms with Gasteiger partial charge in [0.1, 0.15) is 6.17 Å². The zero-order valence-corrected chi connectivity index (χ0v) is 8.41. The predicted octanol–water partition coefficient (Wildman–Crippen LogP) is 1.67. The average Bonchev–Trinajstić information content (AvgIpc) is 2.88. The van der Waals surface area contributed by atoms with E-state index < -0.39 is 6.17 Å². The summed E-state index contributed by atoms with van der Waals surface area (Å²) in [5.41, 5.74) is 0.700. The van der Waals surface area contributed by atoms with Crippen molar-refractivity contribution in [2.24, 2.45) is 0 Å². The van der Waals surface area contributed by atoms with Crippen LogP contribution in [0.15, 0.2) is 12.4 Å². The Morgan fingerprint density at radius 2 is 2.64 bits per heavy atom. The standard InChI is InChI=1S/C10H16FN3/c1-2-14-7-8(6-13-14)10(11)9-4-3-5-12-9/h6-7,9-10,12H,2-5H2,1H3. The van der Waals surface area contributed by atoms with Gasteiger partial charge in [0.2, 0.25) is 0 Å². The molecule has 1 aliphatic heterocycles. The third kappa shape index (κ3) is 1.80. The Kier molecular flexibility index (Phi) is 2.82. The van der Waals surface area contributed by atoms with Gasteiger partial charge in [-0.2, -0.15) is 5.10 Å². The fraction of sp³-hybridized carbons (Fsp3) is 0.700. The molecule has 0 amide bonds. The molecule has 78 valence electrons. The Morgan fingerprint density at radius 1 is 1.79 bits per heavy atom. The summed E-state index contributed by atoms with van der Waals surface area (Å²) < 4.78 is 15.6. The summed E-state index contributed by atoms with van der Waals surface area (Å²) in [6, 6.07) is -0.00972. The minimum Gasteiger partial charge on any atom is -0.311 e. The number of nitrogens with one attached hydrogen (secondary N) is 1. The van der Waals surface area contributed by atoms with Crippen molar-refractivity contribution in [1.29, 1.82) is 0 Å². The minimum absolute atomic E-state index is 0.00972. The lowest BCUT2D eigenvalue weighted by atomic mass is 10.1. The van der Waals surface area contributed by atoms with Crippen LogP contribution in [-0.4, -0.2) is 22.4 Å². The third-order valence-corrected chi connectivity index (χ3v) is 2.75. The molecule has 1 saturated heterocycles. The molecule has 2 atom stereocenters. The lowest BCUT2D eigenvalue weighted by Gasteiger charge is -2.13. The smallest absolute Gasteiger partial charge is 0.143 e. The van der Waals surface area contributed by atoms with E-state index in [-0.39, 0.29) is 6.04 Å². The van der Waals surface area contributed by atoms with Gasteiger partial charge in [-0.25, -0.2) is 4.39 Å². The highest BCUT2D eigenvalue weighted by Crippen LogP contribution is 2.26. The van der Waals surface area contributed by atoms with Gasteiger partial charge in [0, 0.05) is 24.3 Å². The number of nitrogens with zero attached hydrogens (tertiary/aromatic N) is 2. The van der Waals surface area contributed by atoms with Crippen molar-refractivity contribution in [1.82, 2.24) is 15.1 Å². The fourth-order valence-corrected chi connectivity index (χ4v) is 1.89. The summed E-state index contributed by atoms with van der Waals surface area (Å²) in [5, 5.41) is 7.25. The quantitative estimate of drug-likeness (QED) is 0.798. The maximum Gasteiger partial charge on any atom is 0.143 e. The normalized spacial score (nSPS) is 24.0. The first-order chi connectivity index (χ1) is 6.81. The molecule has 0 saturated carbocycles. The van der Waals surface area contributed by atoms with E-state index >= 15 is 0 Å². The fourth-order valence-electron chi connectivity index (χ4n) is 1.89. The van der Waals surface area contributed by atoms with E-state index in [4.69, 9.17) is 0 Å². The zero-order chi connectivity index (χ0) is 9.97. The van der Waals surface area contributed by atoms with E-state index in [1.54, 1.807) is 17.1 Å². The van der Waals surface area contributed by atoms with Gasteiger partial charge in [-0.05, 0) is 26.3 Å². The zero-order valence-electron chi connectivity index (χ0n) is 8.41. The van der Waals surface area contributed by atoms with E-state index in [0.717, 1.165) is 25.9 Å². The van der Waals surface area contributed by atoms with Gasteiger partial charge in [0.15, 0.2) is 0 Å². The molecule has 14 heavy (non-hydrogen) atoms. The maximum absolute atomic E-state index is 13.9. The largest absolute Gasteiger partial charge is 0.311 e. The average molecular weight is 197 g/mol. The van der Waals surface area contributed by atoms with Crippen molar-refractivity contribution in [3.8, 4) is 0 Å². The van der Waals surface area contributed by atoms with Gasteiger partial charge >= 0.3 is 0 Å². The summed E-state index contributed by atoms with van der Waals surface area (Å²) in [7, 11) is 0. The lowest BCUT2D eigenvalue weighted by Crippen LogP contribution is -2.26. The molecular formula is C10H16FN3. The van der Waals surface area contributed by atoms with Crippen LogP contribution in [0.2, 0.25) is 0 Å². The Morgan fingerprint density at radius 3 is 3.21 bits per heavy atom. The highest BCUT2D eigenvalue weighted by molar-refractivity contribution is 5.11. The first-order valence-corrected chi connectivity index (χ1v) is 5.21. The van der Waals surface area contributed by atoms with E-state index in [1.165, 1.54) is 0 Å². The van der Waals surface area contributed by atoms with E-state index in [2.05, 4.69) is 10.4 Å². The number of halogens is 1. The maximum atomic E-state index is 13.9. The Balaban J connectivity index is 2.05. The molecule has 1 aliphatic rings. The second kappa shape index (κ2) is 4.09. The van der Waals surface area contributed by atoms with Crippen LogP contribution >= 0.6 is 0 Å². The first-order valence-electron chi connectivity index (χ1n) is 5.21. The molecule has 1 N–H and O–H groups in total. The van der Waals surface area contributed by atoms with Crippen LogP contribution in [0, 0.1) is 0 Å². The van der Waals surface area contributed by atoms with Crippen molar-refractivity contribution < 1.29 is 4.39 Å². The highest BCUT2D eigenvalue weighted by Gasteiger charge is 2.26. The number of aryl methyl sites for hydroxylation is 1. The van der Waals surface area contributed by atoms with Crippen LogP contribution in [0.1, 0.15) is 31.5 Å². The van der Waals surface area contributed by atoms with E-state index in [1.807, 2.05) is 6.92 Å². The van der Waals surface area contributed by atoms with Gasteiger partial charge in [0.05, 0.1) is 6.20 Å². The molecule has 0 bridgehead atoms. The molecular weight excluding hydrogens is 181 g/mol. The topological polar surface area (TPSA) is 29.9 Å². The van der Waals surface area contributed by atoms with E-state index in [9.17, 15) is 4.39 Å². The molecule has 0 aromatic carbocycles. The summed E-state index contributed by atoms with van der Waals surface area (Å²) in [5.74, 6) is 0. The molecule has 0 aliphatic carbocycles. The molecule has 2 unspecified atom stereocenters. The molecule has 1 fully saturated rings. The predicted molar refractivity (Wildman–Crippen MR) is 52.8 cm³/mol. The van der Waals surface area contributed by atoms with Gasteiger partial charge in [0.25, 0.3) is 0 Å². The van der Waals surface area contributed by atoms with E-state index in [0.29, 0.717) is 5.56 Å². The van der Waals surface area contributed by atoms with Crippen molar-refractivity contribution in [2.75, 3.05) is 6.54 Å². The molecule has 4 heteroatoms. The number of hydrogen-bond donors (Lipinski definition) is 1. The number of alkyl halides is 1. The monoisotopic (exact) mass is 197 g/mol. The molecule has 1 aromatic heterocycles. The molecule has 2 heterocycles. The molecule has 1 aromatic rings. The van der Waals surface area contributed by atoms with Crippen LogP contribution in [0.4, 0.5) is 4.39 Å². The second-order valence-electron chi connectivity index (χ2n) is 3.73. The molecule has 0 spiro atoms. The molecule has 2 rings (SSSR count). The van der Waals surface area contributed by atoms with Gasteiger partial charge in [-0.3, -0.25) is 4.68 Å². The van der Waals surface area contributed by atoms with Gasteiger partial charge < -0.3 is 5.32 Å². The second-order valence-corrected chi connectivity index (χ2v) is 3.73. The molecule has 0 radical (unpaired) electrons.